The van der Waals surface area contributed by atoms with E-state index in [2.05, 4.69) is 4.98 Å². The average Bonchev–Trinajstić information content (AvgIpc) is 2.47. The summed E-state index contributed by atoms with van der Waals surface area (Å²) < 4.78 is 12.9. The molecule has 2 heteroatoms. The third-order valence-corrected chi connectivity index (χ3v) is 2.99. The summed E-state index contributed by atoms with van der Waals surface area (Å²) >= 11 is 0. The second kappa shape index (κ2) is 4.57. The molecule has 0 fully saturated rings. The van der Waals surface area contributed by atoms with Crippen LogP contribution >= 0.6 is 0 Å². The molecular weight excluding hydrogens is 225 g/mol. The van der Waals surface area contributed by atoms with E-state index in [1.807, 2.05) is 60.7 Å². The number of para-hydroxylation sites is 1. The van der Waals surface area contributed by atoms with E-state index in [4.69, 9.17) is 0 Å². The maximum atomic E-state index is 12.9. The van der Waals surface area contributed by atoms with E-state index in [0.29, 0.717) is 5.69 Å². The van der Waals surface area contributed by atoms with Crippen LogP contribution in [0.2, 0.25) is 0 Å². The van der Waals surface area contributed by atoms with Crippen molar-refractivity contribution in [2.45, 2.75) is 6.67 Å². The molecule has 3 aromatic rings. The van der Waals surface area contributed by atoms with Gasteiger partial charge in [0.25, 0.3) is 0 Å². The molecule has 0 aliphatic carbocycles. The van der Waals surface area contributed by atoms with Gasteiger partial charge >= 0.3 is 0 Å². The van der Waals surface area contributed by atoms with Crippen molar-refractivity contribution in [2.75, 3.05) is 0 Å². The molecule has 0 bridgehead atoms. The lowest BCUT2D eigenvalue weighted by Crippen LogP contribution is -1.90. The second-order valence-electron chi connectivity index (χ2n) is 4.18. The standard InChI is InChI=1S/C16H12FN/c17-11-13-10-15(12-6-2-1-3-7-12)14-8-4-5-9-16(14)18-13/h1-10H,11H2. The van der Waals surface area contributed by atoms with E-state index in [1.165, 1.54) is 0 Å². The number of rotatable bonds is 2. The lowest BCUT2D eigenvalue weighted by molar-refractivity contribution is 0.477. The van der Waals surface area contributed by atoms with E-state index in [1.54, 1.807) is 0 Å². The van der Waals surface area contributed by atoms with Crippen LogP contribution < -0.4 is 0 Å². The van der Waals surface area contributed by atoms with E-state index in [9.17, 15) is 4.39 Å². The Labute approximate surface area is 105 Å². The molecule has 1 nitrogen and oxygen atoms in total. The van der Waals surface area contributed by atoms with Crippen molar-refractivity contribution >= 4 is 10.9 Å². The molecule has 0 N–H and O–H groups in total. The smallest absolute Gasteiger partial charge is 0.131 e. The highest BCUT2D eigenvalue weighted by molar-refractivity contribution is 5.94. The Morgan fingerprint density at radius 2 is 1.61 bits per heavy atom. The SMILES string of the molecule is FCc1cc(-c2ccccc2)c2ccccc2n1. The molecule has 1 aromatic heterocycles. The second-order valence-corrected chi connectivity index (χ2v) is 4.18. The maximum absolute atomic E-state index is 12.9. The highest BCUT2D eigenvalue weighted by Crippen LogP contribution is 2.28. The lowest BCUT2D eigenvalue weighted by atomic mass is 10.0. The number of halogens is 1. The fourth-order valence-corrected chi connectivity index (χ4v) is 2.16. The topological polar surface area (TPSA) is 12.9 Å². The molecule has 18 heavy (non-hydrogen) atoms. The number of pyridine rings is 1. The highest BCUT2D eigenvalue weighted by Gasteiger charge is 2.06. The van der Waals surface area contributed by atoms with Crippen molar-refractivity contribution < 1.29 is 4.39 Å². The Morgan fingerprint density at radius 3 is 2.39 bits per heavy atom. The van der Waals surface area contributed by atoms with E-state index < -0.39 is 6.67 Å². The minimum atomic E-state index is -0.537. The summed E-state index contributed by atoms with van der Waals surface area (Å²) in [5.74, 6) is 0. The van der Waals surface area contributed by atoms with Crippen LogP contribution in [0.4, 0.5) is 4.39 Å². The molecule has 88 valence electrons. The van der Waals surface area contributed by atoms with Crippen molar-refractivity contribution in [1.29, 1.82) is 0 Å². The van der Waals surface area contributed by atoms with Gasteiger partial charge < -0.3 is 0 Å². The number of fused-ring (bicyclic) bond motifs is 1. The van der Waals surface area contributed by atoms with Crippen LogP contribution in [0.1, 0.15) is 5.69 Å². The number of alkyl halides is 1. The summed E-state index contributed by atoms with van der Waals surface area (Å²) in [7, 11) is 0. The van der Waals surface area contributed by atoms with E-state index >= 15 is 0 Å². The monoisotopic (exact) mass is 237 g/mol. The molecular formula is C16H12FN. The highest BCUT2D eigenvalue weighted by atomic mass is 19.1. The first-order valence-corrected chi connectivity index (χ1v) is 5.88. The Bertz CT molecular complexity index is 677. The predicted molar refractivity (Wildman–Crippen MR) is 72.0 cm³/mol. The third kappa shape index (κ3) is 1.86. The van der Waals surface area contributed by atoms with Gasteiger partial charge in [0.05, 0.1) is 11.2 Å². The van der Waals surface area contributed by atoms with Gasteiger partial charge in [0, 0.05) is 5.39 Å². The van der Waals surface area contributed by atoms with Gasteiger partial charge in [-0.05, 0) is 23.3 Å². The minimum absolute atomic E-state index is 0.479. The number of benzene rings is 2. The predicted octanol–water partition coefficient (Wildman–Crippen LogP) is 4.37. The molecule has 0 radical (unpaired) electrons. The summed E-state index contributed by atoms with van der Waals surface area (Å²) in [6.07, 6.45) is 0. The van der Waals surface area contributed by atoms with E-state index in [-0.39, 0.29) is 0 Å². The van der Waals surface area contributed by atoms with Crippen molar-refractivity contribution in [3.8, 4) is 11.1 Å². The molecule has 3 rings (SSSR count). The summed E-state index contributed by atoms with van der Waals surface area (Å²) in [6, 6.07) is 19.7. The number of hydrogen-bond donors (Lipinski definition) is 0. The van der Waals surface area contributed by atoms with Crippen LogP contribution in [0, 0.1) is 0 Å². The molecule has 0 amide bonds. The lowest BCUT2D eigenvalue weighted by Gasteiger charge is -2.08. The first-order valence-electron chi connectivity index (χ1n) is 5.88. The molecule has 0 aliphatic rings. The molecule has 0 saturated carbocycles. The van der Waals surface area contributed by atoms with Crippen molar-refractivity contribution in [3.05, 3.63) is 66.4 Å². The molecule has 0 unspecified atom stereocenters. The van der Waals surface area contributed by atoms with Gasteiger partial charge in [0.15, 0.2) is 0 Å². The van der Waals surface area contributed by atoms with Gasteiger partial charge in [0.2, 0.25) is 0 Å². The first-order chi connectivity index (χ1) is 8.88. The Kier molecular flexibility index (Phi) is 2.77. The van der Waals surface area contributed by atoms with Crippen LogP contribution in [0.25, 0.3) is 22.0 Å². The zero-order chi connectivity index (χ0) is 12.4. The van der Waals surface area contributed by atoms with Crippen LogP contribution in [-0.2, 0) is 6.67 Å². The van der Waals surface area contributed by atoms with Gasteiger partial charge in [-0.25, -0.2) is 4.39 Å². The maximum Gasteiger partial charge on any atom is 0.131 e. The van der Waals surface area contributed by atoms with Crippen molar-refractivity contribution in [3.63, 3.8) is 0 Å². The summed E-state index contributed by atoms with van der Waals surface area (Å²) in [5, 5.41) is 1.06. The zero-order valence-electron chi connectivity index (χ0n) is 9.81. The number of hydrogen-bond acceptors (Lipinski definition) is 1. The Balaban J connectivity index is 2.33. The van der Waals surface area contributed by atoms with Gasteiger partial charge in [-0.2, -0.15) is 0 Å². The zero-order valence-corrected chi connectivity index (χ0v) is 9.81. The van der Waals surface area contributed by atoms with Gasteiger partial charge in [-0.15, -0.1) is 0 Å². The first kappa shape index (κ1) is 10.9. The van der Waals surface area contributed by atoms with Crippen LogP contribution in [-0.4, -0.2) is 4.98 Å². The molecule has 2 aromatic carbocycles. The van der Waals surface area contributed by atoms with Gasteiger partial charge in [0.1, 0.15) is 6.67 Å². The molecule has 0 spiro atoms. The fourth-order valence-electron chi connectivity index (χ4n) is 2.16. The number of aromatic nitrogens is 1. The van der Waals surface area contributed by atoms with Gasteiger partial charge in [-0.3, -0.25) is 4.98 Å². The minimum Gasteiger partial charge on any atom is -0.250 e. The largest absolute Gasteiger partial charge is 0.250 e. The van der Waals surface area contributed by atoms with Crippen LogP contribution in [0.5, 0.6) is 0 Å². The normalized spacial score (nSPS) is 10.7. The van der Waals surface area contributed by atoms with Crippen LogP contribution in [0.3, 0.4) is 0 Å². The quantitative estimate of drug-likeness (QED) is 0.645. The molecule has 0 saturated heterocycles. The molecule has 0 aliphatic heterocycles. The third-order valence-electron chi connectivity index (χ3n) is 2.99. The summed E-state index contributed by atoms with van der Waals surface area (Å²) in [4.78, 5) is 4.30. The van der Waals surface area contributed by atoms with Crippen molar-refractivity contribution in [2.24, 2.45) is 0 Å². The van der Waals surface area contributed by atoms with Gasteiger partial charge in [-0.1, -0.05) is 48.5 Å². The Hall–Kier alpha value is -2.22. The fraction of sp³-hybridized carbons (Fsp3) is 0.0625. The van der Waals surface area contributed by atoms with E-state index in [0.717, 1.165) is 22.0 Å². The summed E-state index contributed by atoms with van der Waals surface area (Å²) in [6.45, 7) is -0.537. The van der Waals surface area contributed by atoms with Crippen molar-refractivity contribution in [1.82, 2.24) is 4.98 Å². The molecule has 0 atom stereocenters. The molecule has 1 heterocycles. The number of nitrogens with zero attached hydrogens (tertiary/aromatic N) is 1. The van der Waals surface area contributed by atoms with Crippen LogP contribution in [0.15, 0.2) is 60.7 Å². The average molecular weight is 237 g/mol. The Morgan fingerprint density at radius 1 is 0.889 bits per heavy atom. The summed E-state index contributed by atoms with van der Waals surface area (Å²) in [5.41, 5.74) is 3.44.